The van der Waals surface area contributed by atoms with E-state index < -0.39 is 17.9 Å². The molecule has 3 aromatic carbocycles. The summed E-state index contributed by atoms with van der Waals surface area (Å²) in [5, 5.41) is 11.5. The fourth-order valence-corrected chi connectivity index (χ4v) is 4.07. The number of ether oxygens (including phenoxy) is 2. The third kappa shape index (κ3) is 5.50. The monoisotopic (exact) mass is 525 g/mol. The number of benzene rings is 3. The number of amides is 3. The number of anilines is 1. The first-order valence-corrected chi connectivity index (χ1v) is 11.6. The van der Waals surface area contributed by atoms with Crippen molar-refractivity contribution in [2.75, 3.05) is 11.5 Å². The molecule has 8 nitrogen and oxygen atoms in total. The molecule has 0 saturated carbocycles. The quantitative estimate of drug-likeness (QED) is 0.407. The van der Waals surface area contributed by atoms with E-state index in [1.165, 1.54) is 18.2 Å². The molecule has 1 aliphatic rings. The SMILES string of the molecule is CCOc1cc(CC2=NC(=O)N(c3cccc(Cl)c3)C2=O)cc(Cl)c1OCc1ccc(C(=O)[O-])cc1. The molecule has 0 radical (unpaired) electrons. The summed E-state index contributed by atoms with van der Waals surface area (Å²) in [6, 6.07) is 15.1. The van der Waals surface area contributed by atoms with Crippen molar-refractivity contribution < 1.29 is 29.0 Å². The minimum atomic E-state index is -1.26. The Morgan fingerprint density at radius 3 is 2.42 bits per heavy atom. The number of hydrogen-bond acceptors (Lipinski definition) is 6. The van der Waals surface area contributed by atoms with Crippen LogP contribution in [0.4, 0.5) is 10.5 Å². The maximum absolute atomic E-state index is 12.9. The predicted molar refractivity (Wildman–Crippen MR) is 133 cm³/mol. The van der Waals surface area contributed by atoms with Gasteiger partial charge in [0.15, 0.2) is 11.5 Å². The van der Waals surface area contributed by atoms with Gasteiger partial charge in [0.25, 0.3) is 5.91 Å². The number of carboxylic acid groups (broad SMARTS) is 1. The van der Waals surface area contributed by atoms with Gasteiger partial charge in [-0.05, 0) is 53.9 Å². The topological polar surface area (TPSA) is 108 Å². The van der Waals surface area contributed by atoms with Crippen molar-refractivity contribution in [2.45, 2.75) is 20.0 Å². The Bertz CT molecular complexity index is 1370. The summed E-state index contributed by atoms with van der Waals surface area (Å²) in [6.45, 7) is 2.24. The third-order valence-corrected chi connectivity index (χ3v) is 5.77. The summed E-state index contributed by atoms with van der Waals surface area (Å²) in [4.78, 5) is 41.2. The molecule has 3 aromatic rings. The Morgan fingerprint density at radius 2 is 1.75 bits per heavy atom. The highest BCUT2D eigenvalue weighted by atomic mass is 35.5. The van der Waals surface area contributed by atoms with Gasteiger partial charge in [-0.2, -0.15) is 4.99 Å². The Hall–Kier alpha value is -3.88. The molecule has 0 unspecified atom stereocenters. The molecule has 0 fully saturated rings. The largest absolute Gasteiger partial charge is 0.545 e. The van der Waals surface area contributed by atoms with Crippen LogP contribution in [-0.4, -0.2) is 30.2 Å². The molecule has 36 heavy (non-hydrogen) atoms. The van der Waals surface area contributed by atoms with Crippen LogP contribution in [0.25, 0.3) is 0 Å². The number of rotatable bonds is 9. The van der Waals surface area contributed by atoms with Crippen molar-refractivity contribution in [2.24, 2.45) is 4.99 Å². The number of halogens is 2. The average Bonchev–Trinajstić information content (AvgIpc) is 3.11. The van der Waals surface area contributed by atoms with Gasteiger partial charge in [-0.1, -0.05) is 53.5 Å². The van der Waals surface area contributed by atoms with Crippen molar-refractivity contribution in [1.29, 1.82) is 0 Å². The number of aromatic carboxylic acids is 1. The number of hydrogen-bond donors (Lipinski definition) is 0. The van der Waals surface area contributed by atoms with Crippen LogP contribution >= 0.6 is 23.2 Å². The molecule has 0 atom stereocenters. The lowest BCUT2D eigenvalue weighted by Crippen LogP contribution is -2.33. The molecule has 0 spiro atoms. The molecule has 3 amide bonds. The summed E-state index contributed by atoms with van der Waals surface area (Å²) in [5.74, 6) is -1.16. The zero-order chi connectivity index (χ0) is 25.8. The van der Waals surface area contributed by atoms with Gasteiger partial charge in [-0.3, -0.25) is 4.79 Å². The van der Waals surface area contributed by atoms with E-state index in [0.717, 1.165) is 4.90 Å². The van der Waals surface area contributed by atoms with Crippen LogP contribution in [0.1, 0.15) is 28.4 Å². The Balaban J connectivity index is 1.52. The van der Waals surface area contributed by atoms with Gasteiger partial charge < -0.3 is 19.4 Å². The number of urea groups is 1. The number of carboxylic acids is 1. The van der Waals surface area contributed by atoms with E-state index >= 15 is 0 Å². The molecule has 184 valence electrons. The van der Waals surface area contributed by atoms with E-state index in [0.29, 0.717) is 39.9 Å². The highest BCUT2D eigenvalue weighted by Gasteiger charge is 2.34. The number of aliphatic imine (C=N–C) groups is 1. The van der Waals surface area contributed by atoms with Crippen LogP contribution in [-0.2, 0) is 17.8 Å². The molecule has 10 heteroatoms. The molecule has 0 saturated heterocycles. The fourth-order valence-electron chi connectivity index (χ4n) is 3.60. The summed E-state index contributed by atoms with van der Waals surface area (Å²) >= 11 is 12.5. The molecule has 1 heterocycles. The second-order valence-electron chi connectivity index (χ2n) is 7.75. The summed E-state index contributed by atoms with van der Waals surface area (Å²) in [7, 11) is 0. The van der Waals surface area contributed by atoms with E-state index in [1.807, 2.05) is 0 Å². The fraction of sp³-hybridized carbons (Fsp3) is 0.154. The third-order valence-electron chi connectivity index (χ3n) is 5.25. The van der Waals surface area contributed by atoms with Crippen molar-refractivity contribution in [3.63, 3.8) is 0 Å². The van der Waals surface area contributed by atoms with Crippen molar-refractivity contribution >= 4 is 52.5 Å². The van der Waals surface area contributed by atoms with E-state index in [2.05, 4.69) is 4.99 Å². The zero-order valence-corrected chi connectivity index (χ0v) is 20.5. The number of nitrogens with zero attached hydrogens (tertiary/aromatic N) is 2. The summed E-state index contributed by atoms with van der Waals surface area (Å²) in [6.07, 6.45) is 0.0480. The maximum Gasteiger partial charge on any atom is 0.355 e. The van der Waals surface area contributed by atoms with Crippen molar-refractivity contribution in [3.8, 4) is 11.5 Å². The molecular formula is C26H19Cl2N2O6-. The normalized spacial score (nSPS) is 13.1. The Labute approximate surface area is 216 Å². The van der Waals surface area contributed by atoms with E-state index in [1.54, 1.807) is 49.4 Å². The van der Waals surface area contributed by atoms with Crippen LogP contribution in [0.15, 0.2) is 65.7 Å². The van der Waals surface area contributed by atoms with Crippen LogP contribution < -0.4 is 19.5 Å². The van der Waals surface area contributed by atoms with Gasteiger partial charge in [0.1, 0.15) is 12.3 Å². The maximum atomic E-state index is 12.9. The van der Waals surface area contributed by atoms with Gasteiger partial charge in [0, 0.05) is 11.4 Å². The number of imide groups is 1. The molecule has 0 bridgehead atoms. The van der Waals surface area contributed by atoms with E-state index in [9.17, 15) is 19.5 Å². The van der Waals surface area contributed by atoms with Crippen LogP contribution in [0.3, 0.4) is 0 Å². The van der Waals surface area contributed by atoms with Gasteiger partial charge >= 0.3 is 6.03 Å². The van der Waals surface area contributed by atoms with Crippen LogP contribution in [0.2, 0.25) is 10.0 Å². The van der Waals surface area contributed by atoms with Gasteiger partial charge in [0.05, 0.1) is 23.3 Å². The molecule has 4 rings (SSSR count). The lowest BCUT2D eigenvalue weighted by atomic mass is 10.1. The summed E-state index contributed by atoms with van der Waals surface area (Å²) in [5.41, 5.74) is 1.77. The second kappa shape index (κ2) is 10.8. The predicted octanol–water partition coefficient (Wildman–Crippen LogP) is 4.48. The van der Waals surface area contributed by atoms with E-state index in [-0.39, 0.29) is 29.3 Å². The van der Waals surface area contributed by atoms with Gasteiger partial charge in [0.2, 0.25) is 0 Å². The number of carbonyl (C=O) groups is 3. The first kappa shape index (κ1) is 25.2. The van der Waals surface area contributed by atoms with Gasteiger partial charge in [-0.25, -0.2) is 9.69 Å². The minimum absolute atomic E-state index is 0.0480. The molecular weight excluding hydrogens is 507 g/mol. The number of carbonyl (C=O) groups excluding carboxylic acids is 3. The second-order valence-corrected chi connectivity index (χ2v) is 8.59. The van der Waals surface area contributed by atoms with Crippen molar-refractivity contribution in [3.05, 3.63) is 87.4 Å². The first-order chi connectivity index (χ1) is 17.3. The Morgan fingerprint density at radius 1 is 1.00 bits per heavy atom. The average molecular weight is 526 g/mol. The smallest absolute Gasteiger partial charge is 0.355 e. The van der Waals surface area contributed by atoms with E-state index in [4.69, 9.17) is 32.7 Å². The van der Waals surface area contributed by atoms with Gasteiger partial charge in [-0.15, -0.1) is 0 Å². The zero-order valence-electron chi connectivity index (χ0n) is 19.0. The van der Waals surface area contributed by atoms with Crippen molar-refractivity contribution in [1.82, 2.24) is 0 Å². The lowest BCUT2D eigenvalue weighted by Gasteiger charge is -2.16. The van der Waals surface area contributed by atoms with Crippen LogP contribution in [0, 0.1) is 0 Å². The Kier molecular flexibility index (Phi) is 7.57. The molecule has 0 N–H and O–H groups in total. The van der Waals surface area contributed by atoms with Crippen LogP contribution in [0.5, 0.6) is 11.5 Å². The standard InChI is InChI=1S/C26H20Cl2N2O6/c1-2-35-22-12-16(10-20(28)23(22)36-14-15-6-8-17(9-7-15)25(32)33)11-21-24(31)30(26(34)29-21)19-5-3-4-18(27)13-19/h3-10,12-13H,2,11,14H2,1H3,(H,32,33)/p-1. The molecule has 0 aliphatic carbocycles. The minimum Gasteiger partial charge on any atom is -0.545 e. The summed E-state index contributed by atoms with van der Waals surface area (Å²) < 4.78 is 11.6. The molecule has 1 aliphatic heterocycles. The highest BCUT2D eigenvalue weighted by molar-refractivity contribution is 6.54. The first-order valence-electron chi connectivity index (χ1n) is 10.9. The molecule has 0 aromatic heterocycles. The highest BCUT2D eigenvalue weighted by Crippen LogP contribution is 2.38. The lowest BCUT2D eigenvalue weighted by molar-refractivity contribution is -0.255.